The Hall–Kier alpha value is -1.89. The third-order valence-electron chi connectivity index (χ3n) is 3.22. The fraction of sp³-hybridized carbons (Fsp3) is 0.235. The van der Waals surface area contributed by atoms with Crippen LogP contribution in [0.2, 0.25) is 0 Å². The minimum Gasteiger partial charge on any atom is -0.289 e. The van der Waals surface area contributed by atoms with E-state index in [0.717, 1.165) is 22.3 Å². The molecule has 2 aromatic rings. The van der Waals surface area contributed by atoms with Gasteiger partial charge in [0.15, 0.2) is 5.78 Å². The lowest BCUT2D eigenvalue weighted by atomic mass is 9.93. The Morgan fingerprint density at radius 1 is 0.778 bits per heavy atom. The topological polar surface area (TPSA) is 17.1 Å². The summed E-state index contributed by atoms with van der Waals surface area (Å²) in [5.41, 5.74) is 6.07. The first-order valence-electron chi connectivity index (χ1n) is 6.18. The van der Waals surface area contributed by atoms with E-state index in [-0.39, 0.29) is 5.78 Å². The molecule has 2 aromatic carbocycles. The summed E-state index contributed by atoms with van der Waals surface area (Å²) in [6.07, 6.45) is 0. The SMILES string of the molecule is Cc1ccc(C(=O)c2c(C)cc(C)cc2C)cc1. The zero-order valence-electron chi connectivity index (χ0n) is 11.4. The number of aryl methyl sites for hydroxylation is 4. The summed E-state index contributed by atoms with van der Waals surface area (Å²) in [6.45, 7) is 8.08. The molecule has 0 bridgehead atoms. The number of benzene rings is 2. The molecule has 1 nitrogen and oxygen atoms in total. The highest BCUT2D eigenvalue weighted by Gasteiger charge is 2.14. The van der Waals surface area contributed by atoms with Crippen LogP contribution in [-0.4, -0.2) is 5.78 Å². The molecule has 0 fully saturated rings. The van der Waals surface area contributed by atoms with Crippen molar-refractivity contribution in [3.8, 4) is 0 Å². The number of carbonyl (C=O) groups is 1. The quantitative estimate of drug-likeness (QED) is 0.718. The molecule has 0 aliphatic carbocycles. The molecule has 0 unspecified atom stereocenters. The van der Waals surface area contributed by atoms with E-state index in [9.17, 15) is 4.79 Å². The predicted octanol–water partition coefficient (Wildman–Crippen LogP) is 4.15. The van der Waals surface area contributed by atoms with Crippen LogP contribution in [0, 0.1) is 27.7 Å². The van der Waals surface area contributed by atoms with E-state index >= 15 is 0 Å². The Morgan fingerprint density at radius 3 is 1.78 bits per heavy atom. The molecule has 92 valence electrons. The van der Waals surface area contributed by atoms with Gasteiger partial charge in [-0.05, 0) is 38.8 Å². The average Bonchev–Trinajstić information content (AvgIpc) is 2.28. The Bertz CT molecular complexity index is 569. The van der Waals surface area contributed by atoms with Crippen LogP contribution < -0.4 is 0 Å². The summed E-state index contributed by atoms with van der Waals surface area (Å²) >= 11 is 0. The molecule has 0 heterocycles. The summed E-state index contributed by atoms with van der Waals surface area (Å²) in [4.78, 5) is 12.5. The Labute approximate surface area is 108 Å². The average molecular weight is 238 g/mol. The van der Waals surface area contributed by atoms with Crippen LogP contribution in [0.5, 0.6) is 0 Å². The molecule has 0 amide bonds. The van der Waals surface area contributed by atoms with Gasteiger partial charge in [-0.2, -0.15) is 0 Å². The largest absolute Gasteiger partial charge is 0.289 e. The summed E-state index contributed by atoms with van der Waals surface area (Å²) in [5.74, 6) is 0.116. The third kappa shape index (κ3) is 2.35. The minimum atomic E-state index is 0.116. The molecule has 0 spiro atoms. The summed E-state index contributed by atoms with van der Waals surface area (Å²) in [7, 11) is 0. The molecule has 0 radical (unpaired) electrons. The molecule has 0 aliphatic rings. The van der Waals surface area contributed by atoms with Gasteiger partial charge in [-0.3, -0.25) is 4.79 Å². The second-order valence-electron chi connectivity index (χ2n) is 4.97. The number of carbonyl (C=O) groups excluding carboxylic acids is 1. The maximum atomic E-state index is 12.5. The lowest BCUT2D eigenvalue weighted by Gasteiger charge is -2.10. The second kappa shape index (κ2) is 4.77. The van der Waals surface area contributed by atoms with E-state index in [1.807, 2.05) is 45.0 Å². The summed E-state index contributed by atoms with van der Waals surface area (Å²) in [6, 6.07) is 11.9. The molecule has 18 heavy (non-hydrogen) atoms. The molecule has 0 saturated heterocycles. The Kier molecular flexibility index (Phi) is 3.33. The van der Waals surface area contributed by atoms with Crippen LogP contribution in [-0.2, 0) is 0 Å². The first-order valence-corrected chi connectivity index (χ1v) is 6.18. The van der Waals surface area contributed by atoms with Crippen LogP contribution in [0.1, 0.15) is 38.2 Å². The first kappa shape index (κ1) is 12.6. The summed E-state index contributed by atoms with van der Waals surface area (Å²) < 4.78 is 0. The third-order valence-corrected chi connectivity index (χ3v) is 3.22. The van der Waals surface area contributed by atoms with Gasteiger partial charge in [0.1, 0.15) is 0 Å². The van der Waals surface area contributed by atoms with Crippen molar-refractivity contribution >= 4 is 5.78 Å². The van der Waals surface area contributed by atoms with Gasteiger partial charge in [0.25, 0.3) is 0 Å². The lowest BCUT2D eigenvalue weighted by molar-refractivity contribution is 0.103. The van der Waals surface area contributed by atoms with E-state index < -0.39 is 0 Å². The Morgan fingerprint density at radius 2 is 1.28 bits per heavy atom. The molecular formula is C17H18O. The fourth-order valence-corrected chi connectivity index (χ4v) is 2.39. The highest BCUT2D eigenvalue weighted by molar-refractivity contribution is 6.10. The van der Waals surface area contributed by atoms with Gasteiger partial charge < -0.3 is 0 Å². The fourth-order valence-electron chi connectivity index (χ4n) is 2.39. The smallest absolute Gasteiger partial charge is 0.193 e. The van der Waals surface area contributed by atoms with Gasteiger partial charge in [0.05, 0.1) is 0 Å². The van der Waals surface area contributed by atoms with Gasteiger partial charge in [-0.15, -0.1) is 0 Å². The van der Waals surface area contributed by atoms with Crippen molar-refractivity contribution in [3.63, 3.8) is 0 Å². The van der Waals surface area contributed by atoms with Crippen molar-refractivity contribution in [2.24, 2.45) is 0 Å². The minimum absolute atomic E-state index is 0.116. The maximum absolute atomic E-state index is 12.5. The first-order chi connectivity index (χ1) is 8.49. The van der Waals surface area contributed by atoms with Gasteiger partial charge in [0, 0.05) is 11.1 Å². The van der Waals surface area contributed by atoms with Crippen LogP contribution in [0.25, 0.3) is 0 Å². The normalized spacial score (nSPS) is 10.4. The van der Waals surface area contributed by atoms with E-state index in [0.29, 0.717) is 0 Å². The zero-order valence-corrected chi connectivity index (χ0v) is 11.4. The van der Waals surface area contributed by atoms with Crippen LogP contribution in [0.3, 0.4) is 0 Å². The number of ketones is 1. The standard InChI is InChI=1S/C17H18O/c1-11-5-7-15(8-6-11)17(18)16-13(3)9-12(2)10-14(16)4/h5-10H,1-4H3. The number of rotatable bonds is 2. The number of hydrogen-bond donors (Lipinski definition) is 0. The van der Waals surface area contributed by atoms with Crippen LogP contribution in [0.4, 0.5) is 0 Å². The van der Waals surface area contributed by atoms with Crippen molar-refractivity contribution in [1.82, 2.24) is 0 Å². The van der Waals surface area contributed by atoms with E-state index in [1.165, 1.54) is 11.1 Å². The van der Waals surface area contributed by atoms with Gasteiger partial charge >= 0.3 is 0 Å². The van der Waals surface area contributed by atoms with E-state index in [4.69, 9.17) is 0 Å². The molecule has 0 atom stereocenters. The molecular weight excluding hydrogens is 220 g/mol. The predicted molar refractivity (Wildman–Crippen MR) is 75.3 cm³/mol. The molecule has 0 aliphatic heterocycles. The molecule has 1 heteroatoms. The van der Waals surface area contributed by atoms with Gasteiger partial charge in [-0.25, -0.2) is 0 Å². The van der Waals surface area contributed by atoms with Gasteiger partial charge in [0.2, 0.25) is 0 Å². The zero-order chi connectivity index (χ0) is 13.3. The highest BCUT2D eigenvalue weighted by atomic mass is 16.1. The maximum Gasteiger partial charge on any atom is 0.193 e. The monoisotopic (exact) mass is 238 g/mol. The van der Waals surface area contributed by atoms with Crippen molar-refractivity contribution in [3.05, 3.63) is 69.8 Å². The second-order valence-corrected chi connectivity index (χ2v) is 4.97. The Balaban J connectivity index is 2.49. The molecule has 0 saturated carbocycles. The van der Waals surface area contributed by atoms with E-state index in [2.05, 4.69) is 19.1 Å². The highest BCUT2D eigenvalue weighted by Crippen LogP contribution is 2.20. The van der Waals surface area contributed by atoms with Gasteiger partial charge in [-0.1, -0.05) is 47.5 Å². The van der Waals surface area contributed by atoms with Crippen molar-refractivity contribution in [1.29, 1.82) is 0 Å². The van der Waals surface area contributed by atoms with E-state index in [1.54, 1.807) is 0 Å². The molecule has 0 N–H and O–H groups in total. The van der Waals surface area contributed by atoms with Crippen molar-refractivity contribution in [2.75, 3.05) is 0 Å². The lowest BCUT2D eigenvalue weighted by Crippen LogP contribution is -2.06. The van der Waals surface area contributed by atoms with Crippen molar-refractivity contribution in [2.45, 2.75) is 27.7 Å². The van der Waals surface area contributed by atoms with Crippen molar-refractivity contribution < 1.29 is 4.79 Å². The van der Waals surface area contributed by atoms with Crippen LogP contribution in [0.15, 0.2) is 36.4 Å². The molecule has 0 aromatic heterocycles. The number of hydrogen-bond acceptors (Lipinski definition) is 1. The van der Waals surface area contributed by atoms with Crippen LogP contribution >= 0.6 is 0 Å². The molecule has 2 rings (SSSR count). The summed E-state index contributed by atoms with van der Waals surface area (Å²) in [5, 5.41) is 0.